The van der Waals surface area contributed by atoms with E-state index in [9.17, 15) is 14.4 Å². The van der Waals surface area contributed by atoms with E-state index in [2.05, 4.69) is 0 Å². The molecule has 0 amide bonds. The number of esters is 1. The molecular formula is C9H12O4. The Balaban J connectivity index is 2.46. The summed E-state index contributed by atoms with van der Waals surface area (Å²) in [6.45, 7) is 1.68. The van der Waals surface area contributed by atoms with E-state index in [1.54, 1.807) is 6.92 Å². The molecule has 0 atom stereocenters. The summed E-state index contributed by atoms with van der Waals surface area (Å²) in [5.74, 6) is -0.622. The summed E-state index contributed by atoms with van der Waals surface area (Å²) in [6, 6.07) is 0. The largest absolute Gasteiger partial charge is 0.461 e. The number of Topliss-reactive ketones (excluding diaryl/α,β-unsaturated/α-hetero) is 2. The summed E-state index contributed by atoms with van der Waals surface area (Å²) in [4.78, 5) is 32.7. The van der Waals surface area contributed by atoms with Crippen molar-refractivity contribution in [2.45, 2.75) is 38.7 Å². The Morgan fingerprint density at radius 3 is 2.38 bits per heavy atom. The van der Waals surface area contributed by atoms with Crippen molar-refractivity contribution >= 4 is 17.5 Å². The third-order valence-corrected chi connectivity index (χ3v) is 1.89. The van der Waals surface area contributed by atoms with E-state index in [-0.39, 0.29) is 43.2 Å². The zero-order valence-electron chi connectivity index (χ0n) is 7.54. The fourth-order valence-corrected chi connectivity index (χ4v) is 1.30. The van der Waals surface area contributed by atoms with E-state index in [1.807, 2.05) is 0 Å². The number of ketones is 2. The molecule has 13 heavy (non-hydrogen) atoms. The number of carbonyl (C=O) groups is 3. The van der Waals surface area contributed by atoms with Gasteiger partial charge in [-0.05, 0) is 0 Å². The van der Waals surface area contributed by atoms with Crippen LogP contribution in [0.4, 0.5) is 0 Å². The molecule has 0 aromatic carbocycles. The van der Waals surface area contributed by atoms with E-state index < -0.39 is 6.10 Å². The minimum Gasteiger partial charge on any atom is -0.461 e. The van der Waals surface area contributed by atoms with Crippen molar-refractivity contribution in [1.29, 1.82) is 0 Å². The van der Waals surface area contributed by atoms with Crippen LogP contribution in [0.5, 0.6) is 0 Å². The number of hydrogen-bond donors (Lipinski definition) is 0. The number of ether oxygens (including phenoxy) is 1. The lowest BCUT2D eigenvalue weighted by atomic mass is 9.95. The monoisotopic (exact) mass is 184 g/mol. The van der Waals surface area contributed by atoms with Gasteiger partial charge in [0.2, 0.25) is 0 Å². The average Bonchev–Trinajstić information content (AvgIpc) is 2.02. The summed E-state index contributed by atoms with van der Waals surface area (Å²) in [5, 5.41) is 0. The minimum atomic E-state index is -0.513. The Kier molecular flexibility index (Phi) is 3.17. The van der Waals surface area contributed by atoms with E-state index in [4.69, 9.17) is 4.74 Å². The van der Waals surface area contributed by atoms with Gasteiger partial charge in [0.1, 0.15) is 17.7 Å². The first-order valence-electron chi connectivity index (χ1n) is 4.34. The summed E-state index contributed by atoms with van der Waals surface area (Å²) in [6.07, 6.45) is 0.148. The third kappa shape index (κ3) is 2.97. The molecule has 1 saturated carbocycles. The Morgan fingerprint density at radius 1 is 1.38 bits per heavy atom. The summed E-state index contributed by atoms with van der Waals surface area (Å²) < 4.78 is 4.90. The van der Waals surface area contributed by atoms with Gasteiger partial charge in [0.25, 0.3) is 0 Å². The zero-order chi connectivity index (χ0) is 9.84. The predicted octanol–water partition coefficient (Wildman–Crippen LogP) is 0.630. The maximum Gasteiger partial charge on any atom is 0.305 e. The number of carbonyl (C=O) groups excluding carboxylic acids is 3. The van der Waals surface area contributed by atoms with Gasteiger partial charge in [-0.1, -0.05) is 6.92 Å². The molecule has 1 rings (SSSR count). The molecule has 4 heteroatoms. The van der Waals surface area contributed by atoms with Crippen LogP contribution in [0, 0.1) is 0 Å². The van der Waals surface area contributed by atoms with Crippen molar-refractivity contribution < 1.29 is 19.1 Å². The molecule has 1 aliphatic carbocycles. The van der Waals surface area contributed by atoms with Gasteiger partial charge in [-0.25, -0.2) is 0 Å². The van der Waals surface area contributed by atoms with Gasteiger partial charge >= 0.3 is 5.97 Å². The lowest BCUT2D eigenvalue weighted by Crippen LogP contribution is -2.30. The lowest BCUT2D eigenvalue weighted by Gasteiger charge is -2.19. The molecule has 0 aliphatic heterocycles. The SMILES string of the molecule is CCC(=O)OC1CC(=O)CC(=O)C1. The Bertz CT molecular complexity index is 228. The van der Waals surface area contributed by atoms with Crippen LogP contribution in [-0.4, -0.2) is 23.6 Å². The van der Waals surface area contributed by atoms with Crippen LogP contribution in [0.15, 0.2) is 0 Å². The molecule has 1 aliphatic rings. The van der Waals surface area contributed by atoms with Crippen LogP contribution in [0.2, 0.25) is 0 Å². The molecule has 0 spiro atoms. The Hall–Kier alpha value is -1.19. The van der Waals surface area contributed by atoms with Crippen LogP contribution in [0.1, 0.15) is 32.6 Å². The van der Waals surface area contributed by atoms with Gasteiger partial charge in [0.05, 0.1) is 6.42 Å². The second kappa shape index (κ2) is 4.16. The molecular weight excluding hydrogens is 172 g/mol. The molecule has 0 heterocycles. The quantitative estimate of drug-likeness (QED) is 0.466. The third-order valence-electron chi connectivity index (χ3n) is 1.89. The molecule has 72 valence electrons. The first kappa shape index (κ1) is 9.89. The van der Waals surface area contributed by atoms with Gasteiger partial charge in [-0.15, -0.1) is 0 Å². The highest BCUT2D eigenvalue weighted by molar-refractivity contribution is 6.02. The molecule has 0 aromatic heterocycles. The second-order valence-corrected chi connectivity index (χ2v) is 3.13. The van der Waals surface area contributed by atoms with Crippen LogP contribution in [0.25, 0.3) is 0 Å². The van der Waals surface area contributed by atoms with Crippen LogP contribution < -0.4 is 0 Å². The van der Waals surface area contributed by atoms with E-state index >= 15 is 0 Å². The van der Waals surface area contributed by atoms with Crippen LogP contribution >= 0.6 is 0 Å². The minimum absolute atomic E-state index is 0.000174. The van der Waals surface area contributed by atoms with Crippen LogP contribution in [-0.2, 0) is 19.1 Å². The molecule has 0 radical (unpaired) electrons. The van der Waals surface area contributed by atoms with Crippen LogP contribution in [0.3, 0.4) is 0 Å². The highest BCUT2D eigenvalue weighted by Crippen LogP contribution is 2.15. The van der Waals surface area contributed by atoms with E-state index in [0.717, 1.165) is 0 Å². The van der Waals surface area contributed by atoms with Crippen molar-refractivity contribution in [3.8, 4) is 0 Å². The van der Waals surface area contributed by atoms with E-state index in [1.165, 1.54) is 0 Å². The maximum atomic E-state index is 10.9. The smallest absolute Gasteiger partial charge is 0.305 e. The fraction of sp³-hybridized carbons (Fsp3) is 0.667. The van der Waals surface area contributed by atoms with Gasteiger partial charge in [0, 0.05) is 19.3 Å². The molecule has 0 saturated heterocycles. The van der Waals surface area contributed by atoms with E-state index in [0.29, 0.717) is 0 Å². The van der Waals surface area contributed by atoms with Crippen molar-refractivity contribution in [3.05, 3.63) is 0 Å². The molecule has 0 N–H and O–H groups in total. The zero-order valence-corrected chi connectivity index (χ0v) is 7.54. The topological polar surface area (TPSA) is 60.4 Å². The average molecular weight is 184 g/mol. The fourth-order valence-electron chi connectivity index (χ4n) is 1.30. The van der Waals surface area contributed by atoms with Gasteiger partial charge < -0.3 is 4.74 Å². The Morgan fingerprint density at radius 2 is 1.92 bits per heavy atom. The summed E-state index contributed by atoms with van der Waals surface area (Å²) in [5.41, 5.74) is 0. The Labute approximate surface area is 76.3 Å². The molecule has 4 nitrogen and oxygen atoms in total. The van der Waals surface area contributed by atoms with Crippen molar-refractivity contribution in [2.24, 2.45) is 0 Å². The van der Waals surface area contributed by atoms with Crippen molar-refractivity contribution in [1.82, 2.24) is 0 Å². The highest BCUT2D eigenvalue weighted by Gasteiger charge is 2.27. The first-order valence-corrected chi connectivity index (χ1v) is 4.34. The normalized spacial score (nSPS) is 18.8. The molecule has 0 unspecified atom stereocenters. The van der Waals surface area contributed by atoms with Gasteiger partial charge in [-0.2, -0.15) is 0 Å². The summed E-state index contributed by atoms with van der Waals surface area (Å²) >= 11 is 0. The lowest BCUT2D eigenvalue weighted by molar-refractivity contribution is -0.152. The second-order valence-electron chi connectivity index (χ2n) is 3.13. The van der Waals surface area contributed by atoms with Crippen molar-refractivity contribution in [2.75, 3.05) is 0 Å². The first-order chi connectivity index (χ1) is 6.11. The van der Waals surface area contributed by atoms with Gasteiger partial charge in [-0.3, -0.25) is 14.4 Å². The molecule has 0 bridgehead atoms. The van der Waals surface area contributed by atoms with Crippen molar-refractivity contribution in [3.63, 3.8) is 0 Å². The standard InChI is InChI=1S/C9H12O4/c1-2-9(12)13-8-4-6(10)3-7(11)5-8/h8H,2-5H2,1H3. The number of rotatable bonds is 2. The molecule has 1 fully saturated rings. The summed E-state index contributed by atoms with van der Waals surface area (Å²) in [7, 11) is 0. The number of hydrogen-bond acceptors (Lipinski definition) is 4. The maximum absolute atomic E-state index is 10.9. The molecule has 0 aromatic rings. The van der Waals surface area contributed by atoms with Gasteiger partial charge in [0.15, 0.2) is 0 Å². The predicted molar refractivity (Wildman–Crippen MR) is 44.0 cm³/mol. The highest BCUT2D eigenvalue weighted by atomic mass is 16.5.